The Labute approximate surface area is 158 Å². The summed E-state index contributed by atoms with van der Waals surface area (Å²) in [6, 6.07) is 30.0. The fourth-order valence-corrected chi connectivity index (χ4v) is 2.87. The van der Waals surface area contributed by atoms with Crippen LogP contribution in [0.1, 0.15) is 22.9 Å². The van der Waals surface area contributed by atoms with E-state index in [9.17, 15) is 0 Å². The molecule has 1 atom stereocenters. The summed E-state index contributed by atoms with van der Waals surface area (Å²) in [7, 11) is 0. The standard InChI is InChI=1S/C23H19N3O/c1-4-10-18(11-5-1)17-27-24-16-21-22(19-12-6-2-7-13-19)26-23(25-21)20-14-8-3-9-15-20/h1-16,23H,17H2/b24-16+. The molecule has 0 bridgehead atoms. The Kier molecular flexibility index (Phi) is 5.16. The Hall–Kier alpha value is -3.53. The van der Waals surface area contributed by atoms with Crippen molar-refractivity contribution < 1.29 is 4.84 Å². The van der Waals surface area contributed by atoms with E-state index in [1.807, 2.05) is 91.0 Å². The minimum atomic E-state index is -0.253. The molecule has 0 aliphatic carbocycles. The fraction of sp³-hybridized carbons (Fsp3) is 0.0870. The number of oxime groups is 1. The number of nitrogens with zero attached hydrogens (tertiary/aromatic N) is 3. The van der Waals surface area contributed by atoms with E-state index >= 15 is 0 Å². The maximum Gasteiger partial charge on any atom is 0.166 e. The third-order valence-corrected chi connectivity index (χ3v) is 4.22. The van der Waals surface area contributed by atoms with Crippen molar-refractivity contribution in [1.29, 1.82) is 0 Å². The van der Waals surface area contributed by atoms with Gasteiger partial charge < -0.3 is 4.84 Å². The summed E-state index contributed by atoms with van der Waals surface area (Å²) in [5.41, 5.74) is 4.70. The molecule has 0 spiro atoms. The van der Waals surface area contributed by atoms with Crippen molar-refractivity contribution in [3.8, 4) is 0 Å². The third-order valence-electron chi connectivity index (χ3n) is 4.22. The summed E-state index contributed by atoms with van der Waals surface area (Å²) < 4.78 is 0. The van der Waals surface area contributed by atoms with E-state index in [1.165, 1.54) is 0 Å². The van der Waals surface area contributed by atoms with Gasteiger partial charge in [0.25, 0.3) is 0 Å². The van der Waals surface area contributed by atoms with Crippen LogP contribution in [0.4, 0.5) is 0 Å². The van der Waals surface area contributed by atoms with E-state index in [-0.39, 0.29) is 6.17 Å². The van der Waals surface area contributed by atoms with Gasteiger partial charge in [0.05, 0.1) is 11.9 Å². The predicted octanol–water partition coefficient (Wildman–Crippen LogP) is 4.83. The van der Waals surface area contributed by atoms with E-state index in [2.05, 4.69) is 5.16 Å². The molecule has 0 amide bonds. The van der Waals surface area contributed by atoms with Gasteiger partial charge in [-0.05, 0) is 11.1 Å². The van der Waals surface area contributed by atoms with Crippen LogP contribution in [0.2, 0.25) is 0 Å². The molecule has 3 aromatic rings. The molecule has 1 heterocycles. The maximum absolute atomic E-state index is 5.44. The van der Waals surface area contributed by atoms with Crippen LogP contribution in [-0.4, -0.2) is 17.6 Å². The Morgan fingerprint density at radius 3 is 2.11 bits per heavy atom. The van der Waals surface area contributed by atoms with Crippen LogP contribution < -0.4 is 0 Å². The Morgan fingerprint density at radius 2 is 1.41 bits per heavy atom. The Morgan fingerprint density at radius 1 is 0.778 bits per heavy atom. The van der Waals surface area contributed by atoms with Gasteiger partial charge in [-0.2, -0.15) is 0 Å². The van der Waals surface area contributed by atoms with Crippen molar-refractivity contribution >= 4 is 17.6 Å². The summed E-state index contributed by atoms with van der Waals surface area (Å²) in [4.78, 5) is 15.0. The van der Waals surface area contributed by atoms with Gasteiger partial charge in [0.1, 0.15) is 12.3 Å². The first kappa shape index (κ1) is 16.9. The number of rotatable bonds is 6. The molecule has 1 unspecified atom stereocenters. The second-order valence-corrected chi connectivity index (χ2v) is 6.14. The molecule has 3 aromatic carbocycles. The lowest BCUT2D eigenvalue weighted by molar-refractivity contribution is 0.132. The molecule has 0 saturated heterocycles. The van der Waals surface area contributed by atoms with Crippen molar-refractivity contribution in [2.24, 2.45) is 15.1 Å². The molecular weight excluding hydrogens is 334 g/mol. The van der Waals surface area contributed by atoms with Crippen LogP contribution in [-0.2, 0) is 11.4 Å². The van der Waals surface area contributed by atoms with E-state index in [0.717, 1.165) is 28.1 Å². The number of hydrogen-bond acceptors (Lipinski definition) is 4. The smallest absolute Gasteiger partial charge is 0.166 e. The van der Waals surface area contributed by atoms with Gasteiger partial charge in [-0.3, -0.25) is 4.99 Å². The highest BCUT2D eigenvalue weighted by atomic mass is 16.6. The third kappa shape index (κ3) is 4.18. The van der Waals surface area contributed by atoms with Crippen molar-refractivity contribution in [2.45, 2.75) is 12.8 Å². The van der Waals surface area contributed by atoms with Crippen LogP contribution in [0.5, 0.6) is 0 Å². The molecule has 1 aliphatic rings. The molecule has 1 aliphatic heterocycles. The van der Waals surface area contributed by atoms with E-state index < -0.39 is 0 Å². The highest BCUT2D eigenvalue weighted by molar-refractivity contribution is 6.67. The van der Waals surface area contributed by atoms with Crippen molar-refractivity contribution in [1.82, 2.24) is 0 Å². The highest BCUT2D eigenvalue weighted by Crippen LogP contribution is 2.25. The monoisotopic (exact) mass is 353 g/mol. The van der Waals surface area contributed by atoms with E-state index in [4.69, 9.17) is 14.8 Å². The van der Waals surface area contributed by atoms with Gasteiger partial charge in [0, 0.05) is 5.56 Å². The first-order chi connectivity index (χ1) is 13.4. The van der Waals surface area contributed by atoms with Gasteiger partial charge >= 0.3 is 0 Å². The zero-order valence-corrected chi connectivity index (χ0v) is 14.8. The SMILES string of the molecule is C(=N\OCc1ccccc1)/C1=NC(c2ccccc2)N=C1c1ccccc1. The minimum absolute atomic E-state index is 0.253. The van der Waals surface area contributed by atoms with Gasteiger partial charge in [0.15, 0.2) is 6.17 Å². The van der Waals surface area contributed by atoms with Crippen LogP contribution in [0.25, 0.3) is 0 Å². The van der Waals surface area contributed by atoms with Gasteiger partial charge in [-0.1, -0.05) is 96.2 Å². The topological polar surface area (TPSA) is 46.3 Å². The zero-order valence-electron chi connectivity index (χ0n) is 14.8. The molecule has 0 fully saturated rings. The molecule has 0 N–H and O–H groups in total. The first-order valence-electron chi connectivity index (χ1n) is 8.86. The van der Waals surface area contributed by atoms with Gasteiger partial charge in [-0.25, -0.2) is 4.99 Å². The maximum atomic E-state index is 5.44. The Balaban J connectivity index is 1.54. The molecular formula is C23H19N3O. The molecule has 4 nitrogen and oxygen atoms in total. The molecule has 4 rings (SSSR count). The second-order valence-electron chi connectivity index (χ2n) is 6.14. The lowest BCUT2D eigenvalue weighted by atomic mass is 10.1. The molecule has 27 heavy (non-hydrogen) atoms. The second kappa shape index (κ2) is 8.23. The normalized spacial score (nSPS) is 16.2. The number of benzene rings is 3. The molecule has 0 aromatic heterocycles. The van der Waals surface area contributed by atoms with E-state index in [0.29, 0.717) is 6.61 Å². The average molecular weight is 353 g/mol. The van der Waals surface area contributed by atoms with Crippen LogP contribution in [0, 0.1) is 0 Å². The van der Waals surface area contributed by atoms with Gasteiger partial charge in [0.2, 0.25) is 0 Å². The van der Waals surface area contributed by atoms with Gasteiger partial charge in [-0.15, -0.1) is 0 Å². The summed E-state index contributed by atoms with van der Waals surface area (Å²) in [5.74, 6) is 0. The molecule has 0 saturated carbocycles. The first-order valence-corrected chi connectivity index (χ1v) is 8.86. The lowest BCUT2D eigenvalue weighted by Gasteiger charge is -2.03. The van der Waals surface area contributed by atoms with E-state index in [1.54, 1.807) is 6.21 Å². The molecule has 132 valence electrons. The lowest BCUT2D eigenvalue weighted by Crippen LogP contribution is -2.13. The predicted molar refractivity (Wildman–Crippen MR) is 109 cm³/mol. The number of aliphatic imine (C=N–C) groups is 2. The molecule has 4 heteroatoms. The van der Waals surface area contributed by atoms with Crippen LogP contribution in [0.3, 0.4) is 0 Å². The fourth-order valence-electron chi connectivity index (χ4n) is 2.87. The Bertz CT molecular complexity index is 964. The van der Waals surface area contributed by atoms with Crippen molar-refractivity contribution in [3.05, 3.63) is 108 Å². The molecule has 0 radical (unpaired) electrons. The zero-order chi connectivity index (χ0) is 18.3. The largest absolute Gasteiger partial charge is 0.391 e. The number of hydrogen-bond donors (Lipinski definition) is 0. The quantitative estimate of drug-likeness (QED) is 0.462. The summed E-state index contributed by atoms with van der Waals surface area (Å²) >= 11 is 0. The van der Waals surface area contributed by atoms with Crippen LogP contribution in [0.15, 0.2) is 106 Å². The summed E-state index contributed by atoms with van der Waals surface area (Å²) in [5, 5.41) is 4.12. The van der Waals surface area contributed by atoms with Crippen LogP contribution >= 0.6 is 0 Å². The summed E-state index contributed by atoms with van der Waals surface area (Å²) in [6.07, 6.45) is 1.40. The summed E-state index contributed by atoms with van der Waals surface area (Å²) in [6.45, 7) is 0.421. The minimum Gasteiger partial charge on any atom is -0.391 e. The van der Waals surface area contributed by atoms with Crippen molar-refractivity contribution in [2.75, 3.05) is 0 Å². The highest BCUT2D eigenvalue weighted by Gasteiger charge is 2.22. The van der Waals surface area contributed by atoms with Crippen molar-refractivity contribution in [3.63, 3.8) is 0 Å². The average Bonchev–Trinajstić information content (AvgIpc) is 3.17.